The third-order valence-corrected chi connectivity index (χ3v) is 4.39. The number of piperidine rings is 1. The molecule has 21 heavy (non-hydrogen) atoms. The van der Waals surface area contributed by atoms with E-state index < -0.39 is 0 Å². The van der Waals surface area contributed by atoms with Gasteiger partial charge in [-0.25, -0.2) is 4.39 Å². The summed E-state index contributed by atoms with van der Waals surface area (Å²) in [5.41, 5.74) is 1.76. The lowest BCUT2D eigenvalue weighted by molar-refractivity contribution is 0.0319. The van der Waals surface area contributed by atoms with E-state index in [1.54, 1.807) is 18.3 Å². The predicted octanol–water partition coefficient (Wildman–Crippen LogP) is 3.11. The summed E-state index contributed by atoms with van der Waals surface area (Å²) in [4.78, 5) is 6.65. The zero-order valence-electron chi connectivity index (χ0n) is 12.3. The molecule has 3 rings (SSSR count). The van der Waals surface area contributed by atoms with Crippen molar-refractivity contribution in [3.8, 4) is 0 Å². The molecule has 2 atom stereocenters. The summed E-state index contributed by atoms with van der Waals surface area (Å²) in [6, 6.07) is 7.04. The van der Waals surface area contributed by atoms with Gasteiger partial charge in [-0.1, -0.05) is 12.5 Å². The van der Waals surface area contributed by atoms with Gasteiger partial charge in [0.2, 0.25) is 0 Å². The molecular formula is C17H21FN2O. The second kappa shape index (κ2) is 6.08. The van der Waals surface area contributed by atoms with Crippen LogP contribution in [-0.2, 0) is 6.54 Å². The van der Waals surface area contributed by atoms with E-state index in [9.17, 15) is 9.50 Å². The standard InChI is InChI=1S/C17H21FN2O/c1-12(21)16-6-2-3-10-20(16)11-13-7-8-15(18)14-5-4-9-19-17(13)14/h4-5,7-9,12,16,21H,2-3,6,10-11H2,1H3/t12-,16+/m1/s1. The number of rotatable bonds is 3. The largest absolute Gasteiger partial charge is 0.392 e. The minimum Gasteiger partial charge on any atom is -0.392 e. The third-order valence-electron chi connectivity index (χ3n) is 4.39. The highest BCUT2D eigenvalue weighted by Gasteiger charge is 2.26. The Bertz CT molecular complexity index is 629. The van der Waals surface area contributed by atoms with Gasteiger partial charge in [0, 0.05) is 24.2 Å². The first-order valence-electron chi connectivity index (χ1n) is 7.61. The minimum absolute atomic E-state index is 0.183. The molecule has 1 saturated heterocycles. The van der Waals surface area contributed by atoms with Gasteiger partial charge >= 0.3 is 0 Å². The lowest BCUT2D eigenvalue weighted by atomic mass is 9.97. The molecule has 0 aliphatic carbocycles. The van der Waals surface area contributed by atoms with Gasteiger partial charge in [0.25, 0.3) is 0 Å². The van der Waals surface area contributed by atoms with Crippen molar-refractivity contribution in [1.29, 1.82) is 0 Å². The Hall–Kier alpha value is -1.52. The number of aliphatic hydroxyl groups is 1. The summed E-state index contributed by atoms with van der Waals surface area (Å²) in [7, 11) is 0. The Morgan fingerprint density at radius 3 is 3.05 bits per heavy atom. The highest BCUT2D eigenvalue weighted by atomic mass is 19.1. The van der Waals surface area contributed by atoms with Gasteiger partial charge in [0.1, 0.15) is 5.82 Å². The maximum atomic E-state index is 13.9. The first-order valence-corrected chi connectivity index (χ1v) is 7.61. The van der Waals surface area contributed by atoms with Gasteiger partial charge in [0.15, 0.2) is 0 Å². The van der Waals surface area contributed by atoms with E-state index in [0.717, 1.165) is 36.9 Å². The molecule has 1 aliphatic rings. The summed E-state index contributed by atoms with van der Waals surface area (Å²) < 4.78 is 13.9. The smallest absolute Gasteiger partial charge is 0.132 e. The Morgan fingerprint density at radius 2 is 2.24 bits per heavy atom. The van der Waals surface area contributed by atoms with Crippen LogP contribution in [0.15, 0.2) is 30.5 Å². The highest BCUT2D eigenvalue weighted by molar-refractivity contribution is 5.82. The maximum absolute atomic E-state index is 13.9. The molecule has 1 aromatic carbocycles. The molecule has 3 nitrogen and oxygen atoms in total. The molecule has 2 heterocycles. The van der Waals surface area contributed by atoms with Crippen molar-refractivity contribution in [2.24, 2.45) is 0 Å². The molecule has 1 aromatic heterocycles. The van der Waals surface area contributed by atoms with Crippen LogP contribution in [0, 0.1) is 5.82 Å². The summed E-state index contributed by atoms with van der Waals surface area (Å²) >= 11 is 0. The first-order chi connectivity index (χ1) is 10.2. The molecular weight excluding hydrogens is 267 g/mol. The first kappa shape index (κ1) is 14.4. The lowest BCUT2D eigenvalue weighted by Crippen LogP contribution is -2.45. The van der Waals surface area contributed by atoms with Gasteiger partial charge in [-0.05, 0) is 50.1 Å². The summed E-state index contributed by atoms with van der Waals surface area (Å²) in [5, 5.41) is 10.5. The van der Waals surface area contributed by atoms with Gasteiger partial charge < -0.3 is 5.11 Å². The second-order valence-corrected chi connectivity index (χ2v) is 5.88. The number of pyridine rings is 1. The van der Waals surface area contributed by atoms with Gasteiger partial charge in [-0.3, -0.25) is 9.88 Å². The van der Waals surface area contributed by atoms with Crippen molar-refractivity contribution in [1.82, 2.24) is 9.88 Å². The van der Waals surface area contributed by atoms with Crippen LogP contribution in [0.1, 0.15) is 31.7 Å². The molecule has 1 aliphatic heterocycles. The van der Waals surface area contributed by atoms with Gasteiger partial charge in [-0.2, -0.15) is 0 Å². The third kappa shape index (κ3) is 2.92. The molecule has 112 valence electrons. The number of nitrogens with zero attached hydrogens (tertiary/aromatic N) is 2. The number of benzene rings is 1. The predicted molar refractivity (Wildman–Crippen MR) is 81.4 cm³/mol. The van der Waals surface area contributed by atoms with Crippen LogP contribution in [0.2, 0.25) is 0 Å². The SMILES string of the molecule is C[C@@H](O)[C@@H]1CCCCN1Cc1ccc(F)c2cccnc12. The van der Waals surface area contributed by atoms with Crippen LogP contribution in [0.25, 0.3) is 10.9 Å². The van der Waals surface area contributed by atoms with Crippen molar-refractivity contribution in [3.63, 3.8) is 0 Å². The van der Waals surface area contributed by atoms with E-state index in [1.807, 2.05) is 13.0 Å². The fraction of sp³-hybridized carbons (Fsp3) is 0.471. The molecule has 0 radical (unpaired) electrons. The van der Waals surface area contributed by atoms with Crippen LogP contribution in [0.3, 0.4) is 0 Å². The monoisotopic (exact) mass is 288 g/mol. The number of aliphatic hydroxyl groups excluding tert-OH is 1. The molecule has 4 heteroatoms. The zero-order chi connectivity index (χ0) is 14.8. The van der Waals surface area contributed by atoms with E-state index in [1.165, 1.54) is 6.07 Å². The molecule has 1 fully saturated rings. The Balaban J connectivity index is 1.92. The van der Waals surface area contributed by atoms with Crippen LogP contribution in [-0.4, -0.2) is 33.7 Å². The Kier molecular flexibility index (Phi) is 4.17. The number of likely N-dealkylation sites (tertiary alicyclic amines) is 1. The van der Waals surface area contributed by atoms with Crippen molar-refractivity contribution in [2.45, 2.75) is 44.9 Å². The number of hydrogen-bond acceptors (Lipinski definition) is 3. The highest BCUT2D eigenvalue weighted by Crippen LogP contribution is 2.25. The number of halogens is 1. The van der Waals surface area contributed by atoms with Gasteiger partial charge in [0.05, 0.1) is 11.6 Å². The van der Waals surface area contributed by atoms with Gasteiger partial charge in [-0.15, -0.1) is 0 Å². The van der Waals surface area contributed by atoms with Crippen LogP contribution in [0.4, 0.5) is 4.39 Å². The van der Waals surface area contributed by atoms with Crippen LogP contribution in [0.5, 0.6) is 0 Å². The second-order valence-electron chi connectivity index (χ2n) is 5.88. The maximum Gasteiger partial charge on any atom is 0.132 e. The topological polar surface area (TPSA) is 36.4 Å². The van der Waals surface area contributed by atoms with Crippen molar-refractivity contribution < 1.29 is 9.50 Å². The number of aromatic nitrogens is 1. The van der Waals surface area contributed by atoms with Crippen molar-refractivity contribution in [3.05, 3.63) is 41.8 Å². The molecule has 0 bridgehead atoms. The molecule has 0 unspecified atom stereocenters. The lowest BCUT2D eigenvalue weighted by Gasteiger charge is -2.37. The Morgan fingerprint density at radius 1 is 1.38 bits per heavy atom. The fourth-order valence-electron chi connectivity index (χ4n) is 3.30. The van der Waals surface area contributed by atoms with Crippen LogP contribution < -0.4 is 0 Å². The van der Waals surface area contributed by atoms with Crippen molar-refractivity contribution in [2.75, 3.05) is 6.54 Å². The van der Waals surface area contributed by atoms with Crippen LogP contribution >= 0.6 is 0 Å². The molecule has 0 amide bonds. The fourth-order valence-corrected chi connectivity index (χ4v) is 3.30. The van der Waals surface area contributed by atoms with E-state index in [-0.39, 0.29) is 18.0 Å². The average molecular weight is 288 g/mol. The van der Waals surface area contributed by atoms with E-state index >= 15 is 0 Å². The van der Waals surface area contributed by atoms with Crippen molar-refractivity contribution >= 4 is 10.9 Å². The Labute approximate surface area is 124 Å². The normalized spacial score (nSPS) is 21.6. The molecule has 1 N–H and O–H groups in total. The molecule has 0 saturated carbocycles. The van der Waals surface area contributed by atoms with E-state index in [4.69, 9.17) is 0 Å². The molecule has 2 aromatic rings. The number of hydrogen-bond donors (Lipinski definition) is 1. The quantitative estimate of drug-likeness (QED) is 0.942. The number of fused-ring (bicyclic) bond motifs is 1. The minimum atomic E-state index is -0.343. The average Bonchev–Trinajstić information content (AvgIpc) is 2.51. The summed E-state index contributed by atoms with van der Waals surface area (Å²) in [5.74, 6) is -0.229. The van der Waals surface area contributed by atoms with E-state index in [0.29, 0.717) is 11.9 Å². The van der Waals surface area contributed by atoms with E-state index in [2.05, 4.69) is 9.88 Å². The summed E-state index contributed by atoms with van der Waals surface area (Å²) in [6.45, 7) is 3.54. The zero-order valence-corrected chi connectivity index (χ0v) is 12.3. The summed E-state index contributed by atoms with van der Waals surface area (Å²) in [6.07, 6.45) is 4.69. The molecule has 0 spiro atoms.